The molecule has 2 N–H and O–H groups in total. The molecule has 9 nitrogen and oxygen atoms in total. The molecule has 0 aliphatic heterocycles. The lowest BCUT2D eigenvalue weighted by molar-refractivity contribution is -0.384. The molecule has 2 aromatic rings. The highest BCUT2D eigenvalue weighted by molar-refractivity contribution is 7.98. The Balaban J connectivity index is 2.47. The smallest absolute Gasteiger partial charge is 0.341 e. The first-order chi connectivity index (χ1) is 11.5. The second kappa shape index (κ2) is 7.59. The zero-order valence-electron chi connectivity index (χ0n) is 12.8. The van der Waals surface area contributed by atoms with Gasteiger partial charge in [-0.15, -0.1) is 0 Å². The second-order valence-electron chi connectivity index (χ2n) is 4.42. The highest BCUT2D eigenvalue weighted by Gasteiger charge is 2.20. The molecule has 10 heteroatoms. The molecule has 0 radical (unpaired) electrons. The molecule has 126 valence electrons. The number of aromatic carboxylic acids is 1. The minimum Gasteiger partial charge on any atom is -0.494 e. The van der Waals surface area contributed by atoms with E-state index in [0.29, 0.717) is 17.5 Å². The first kappa shape index (κ1) is 17.5. The minimum absolute atomic E-state index is 0.0193. The third kappa shape index (κ3) is 3.90. The Hall–Kier alpha value is -2.88. The van der Waals surface area contributed by atoms with Crippen LogP contribution in [0.5, 0.6) is 5.75 Å². The normalized spacial score (nSPS) is 10.2. The molecule has 0 unspecified atom stereocenters. The molecule has 0 spiro atoms. The van der Waals surface area contributed by atoms with Crippen LogP contribution in [0, 0.1) is 10.1 Å². The number of carboxylic acid groups (broad SMARTS) is 1. The fourth-order valence-corrected chi connectivity index (χ4v) is 2.21. The van der Waals surface area contributed by atoms with Gasteiger partial charge in [-0.2, -0.15) is 0 Å². The van der Waals surface area contributed by atoms with Crippen molar-refractivity contribution in [1.82, 2.24) is 9.97 Å². The van der Waals surface area contributed by atoms with E-state index in [1.807, 2.05) is 0 Å². The van der Waals surface area contributed by atoms with E-state index in [9.17, 15) is 20.0 Å². The summed E-state index contributed by atoms with van der Waals surface area (Å²) in [4.78, 5) is 29.9. The van der Waals surface area contributed by atoms with Crippen LogP contribution in [0.25, 0.3) is 0 Å². The number of nitrogens with one attached hydrogen (secondary N) is 1. The van der Waals surface area contributed by atoms with Gasteiger partial charge in [0.15, 0.2) is 5.16 Å². The van der Waals surface area contributed by atoms with Crippen molar-refractivity contribution < 1.29 is 19.6 Å². The van der Waals surface area contributed by atoms with Crippen LogP contribution < -0.4 is 10.1 Å². The summed E-state index contributed by atoms with van der Waals surface area (Å²) in [6, 6.07) is 4.26. The van der Waals surface area contributed by atoms with Gasteiger partial charge in [0.1, 0.15) is 22.8 Å². The van der Waals surface area contributed by atoms with Crippen molar-refractivity contribution in [2.24, 2.45) is 0 Å². The fourth-order valence-electron chi connectivity index (χ4n) is 1.87. The van der Waals surface area contributed by atoms with Gasteiger partial charge in [0, 0.05) is 6.20 Å². The molecule has 1 aromatic carbocycles. The molecule has 0 amide bonds. The molecule has 0 aliphatic rings. The molecule has 0 atom stereocenters. The predicted octanol–water partition coefficient (Wildman–Crippen LogP) is 2.95. The average Bonchev–Trinajstić information content (AvgIpc) is 2.55. The van der Waals surface area contributed by atoms with Gasteiger partial charge in [-0.3, -0.25) is 10.1 Å². The van der Waals surface area contributed by atoms with E-state index in [0.717, 1.165) is 6.20 Å². The maximum Gasteiger partial charge on any atom is 0.341 e. The Morgan fingerprint density at radius 1 is 1.50 bits per heavy atom. The van der Waals surface area contributed by atoms with Crippen LogP contribution in [-0.2, 0) is 0 Å². The van der Waals surface area contributed by atoms with Crippen molar-refractivity contribution in [2.45, 2.75) is 12.1 Å². The number of aromatic nitrogens is 2. The summed E-state index contributed by atoms with van der Waals surface area (Å²) in [6.45, 7) is 2.14. The van der Waals surface area contributed by atoms with Crippen LogP contribution >= 0.6 is 11.8 Å². The van der Waals surface area contributed by atoms with Crippen molar-refractivity contribution in [3.05, 3.63) is 40.1 Å². The predicted molar refractivity (Wildman–Crippen MR) is 88.3 cm³/mol. The maximum atomic E-state index is 11.3. The number of nitro groups is 1. The monoisotopic (exact) mass is 350 g/mol. The third-order valence-corrected chi connectivity index (χ3v) is 3.47. The number of benzene rings is 1. The van der Waals surface area contributed by atoms with E-state index in [1.54, 1.807) is 19.2 Å². The number of nitro benzene ring substituents is 1. The fraction of sp³-hybridized carbons (Fsp3) is 0.214. The number of carboxylic acids is 1. The van der Waals surface area contributed by atoms with Crippen molar-refractivity contribution in [3.63, 3.8) is 0 Å². The van der Waals surface area contributed by atoms with E-state index in [4.69, 9.17) is 4.74 Å². The van der Waals surface area contributed by atoms with Gasteiger partial charge >= 0.3 is 5.97 Å². The van der Waals surface area contributed by atoms with Crippen molar-refractivity contribution in [3.8, 4) is 5.75 Å². The van der Waals surface area contributed by atoms with E-state index in [-0.39, 0.29) is 22.8 Å². The van der Waals surface area contributed by atoms with E-state index in [2.05, 4.69) is 15.3 Å². The molecule has 0 saturated heterocycles. The summed E-state index contributed by atoms with van der Waals surface area (Å²) in [5.41, 5.74) is -0.325. The number of anilines is 2. The van der Waals surface area contributed by atoms with E-state index >= 15 is 0 Å². The SMILES string of the molecule is CCOc1ccc(Nc2nc(SC)ncc2C(=O)O)c([N+](=O)[O-])c1. The average molecular weight is 350 g/mol. The molecule has 0 aliphatic carbocycles. The molecule has 2 rings (SSSR count). The minimum atomic E-state index is -1.24. The van der Waals surface area contributed by atoms with Crippen LogP contribution in [0.4, 0.5) is 17.2 Å². The van der Waals surface area contributed by atoms with Gasteiger partial charge in [-0.25, -0.2) is 14.8 Å². The first-order valence-corrected chi connectivity index (χ1v) is 8.01. The lowest BCUT2D eigenvalue weighted by atomic mass is 10.2. The van der Waals surface area contributed by atoms with Gasteiger partial charge in [-0.1, -0.05) is 11.8 Å². The summed E-state index contributed by atoms with van der Waals surface area (Å²) in [6.07, 6.45) is 2.89. The van der Waals surface area contributed by atoms with Crippen molar-refractivity contribution in [2.75, 3.05) is 18.2 Å². The highest BCUT2D eigenvalue weighted by atomic mass is 32.2. The lowest BCUT2D eigenvalue weighted by Gasteiger charge is -2.11. The molecule has 0 fully saturated rings. The zero-order valence-corrected chi connectivity index (χ0v) is 13.7. The van der Waals surface area contributed by atoms with Gasteiger partial charge in [0.2, 0.25) is 0 Å². The van der Waals surface area contributed by atoms with Gasteiger partial charge in [-0.05, 0) is 25.3 Å². The Kier molecular flexibility index (Phi) is 5.53. The second-order valence-corrected chi connectivity index (χ2v) is 5.19. The molecular weight excluding hydrogens is 336 g/mol. The molecule has 1 aromatic heterocycles. The summed E-state index contributed by atoms with van der Waals surface area (Å²) in [5.74, 6) is -0.909. The van der Waals surface area contributed by atoms with Crippen LogP contribution in [0.1, 0.15) is 17.3 Å². The van der Waals surface area contributed by atoms with Crippen LogP contribution in [0.2, 0.25) is 0 Å². The Morgan fingerprint density at radius 2 is 2.25 bits per heavy atom. The van der Waals surface area contributed by atoms with Gasteiger partial charge in [0.25, 0.3) is 5.69 Å². The van der Waals surface area contributed by atoms with Gasteiger partial charge < -0.3 is 15.2 Å². The number of hydrogen-bond donors (Lipinski definition) is 2. The molecule has 0 bridgehead atoms. The largest absolute Gasteiger partial charge is 0.494 e. The van der Waals surface area contributed by atoms with Crippen molar-refractivity contribution in [1.29, 1.82) is 0 Å². The van der Waals surface area contributed by atoms with Crippen LogP contribution in [0.15, 0.2) is 29.6 Å². The summed E-state index contributed by atoms with van der Waals surface area (Å²) in [5, 5.41) is 23.5. The van der Waals surface area contributed by atoms with E-state index < -0.39 is 10.9 Å². The molecular formula is C14H14N4O5S. The highest BCUT2D eigenvalue weighted by Crippen LogP contribution is 2.32. The Bertz CT molecular complexity index is 784. The maximum absolute atomic E-state index is 11.3. The summed E-state index contributed by atoms with van der Waals surface area (Å²) >= 11 is 1.22. The van der Waals surface area contributed by atoms with Crippen LogP contribution in [0.3, 0.4) is 0 Å². The number of carbonyl (C=O) groups is 1. The van der Waals surface area contributed by atoms with Crippen LogP contribution in [-0.4, -0.2) is 38.8 Å². The summed E-state index contributed by atoms with van der Waals surface area (Å²) in [7, 11) is 0. The third-order valence-electron chi connectivity index (χ3n) is 2.91. The number of nitrogens with zero attached hydrogens (tertiary/aromatic N) is 3. The van der Waals surface area contributed by atoms with Crippen molar-refractivity contribution >= 4 is 34.9 Å². The Morgan fingerprint density at radius 3 is 2.83 bits per heavy atom. The number of hydrogen-bond acceptors (Lipinski definition) is 8. The standard InChI is InChI=1S/C14H14N4O5S/c1-3-23-8-4-5-10(11(6-8)18(21)22)16-12-9(13(19)20)7-15-14(17-12)24-2/h4-7H,3H2,1-2H3,(H,19,20)(H,15,16,17). The van der Waals surface area contributed by atoms with E-state index in [1.165, 1.54) is 23.9 Å². The first-order valence-electron chi connectivity index (χ1n) is 6.78. The quantitative estimate of drug-likeness (QED) is 0.335. The Labute approximate surface area is 141 Å². The number of rotatable bonds is 7. The molecule has 24 heavy (non-hydrogen) atoms. The van der Waals surface area contributed by atoms with Gasteiger partial charge in [0.05, 0.1) is 17.6 Å². The lowest BCUT2D eigenvalue weighted by Crippen LogP contribution is -2.08. The summed E-state index contributed by atoms with van der Waals surface area (Å²) < 4.78 is 5.25. The number of thioether (sulfide) groups is 1. The zero-order chi connectivity index (χ0) is 17.7. The number of ether oxygens (including phenoxy) is 1. The molecule has 1 heterocycles. The topological polar surface area (TPSA) is 127 Å². The molecule has 0 saturated carbocycles.